The highest BCUT2D eigenvalue weighted by Gasteiger charge is 2.36. The number of hydrogen-bond acceptors (Lipinski definition) is 5. The van der Waals surface area contributed by atoms with Crippen LogP contribution in [0.1, 0.15) is 54.7 Å². The number of methoxy groups -OCH3 is 1. The lowest BCUT2D eigenvalue weighted by Gasteiger charge is -2.22. The molecule has 0 unspecified atom stereocenters. The molecule has 0 radical (unpaired) electrons. The third-order valence-electron chi connectivity index (χ3n) is 4.04. The van der Waals surface area contributed by atoms with Crippen molar-refractivity contribution in [1.82, 2.24) is 0 Å². The molecule has 0 heterocycles. The lowest BCUT2D eigenvalue weighted by atomic mass is 9.80. The van der Waals surface area contributed by atoms with E-state index in [1.165, 1.54) is 20.1 Å². The number of carbonyl (C=O) groups is 3. The smallest absolute Gasteiger partial charge is 0.202 e. The van der Waals surface area contributed by atoms with Crippen molar-refractivity contribution in [3.63, 3.8) is 0 Å². The maximum absolute atomic E-state index is 12.8. The summed E-state index contributed by atoms with van der Waals surface area (Å²) in [5.41, 5.74) is 0.834. The lowest BCUT2D eigenvalue weighted by Crippen LogP contribution is -2.23. The molecule has 116 valence electrons. The van der Waals surface area contributed by atoms with Crippen molar-refractivity contribution in [1.29, 1.82) is 0 Å². The Morgan fingerprint density at radius 2 is 1.78 bits per heavy atom. The normalized spacial score (nSPS) is 12.7. The Morgan fingerprint density at radius 3 is 2.39 bits per heavy atom. The Kier molecular flexibility index (Phi) is 3.29. The minimum Gasteiger partial charge on any atom is -0.506 e. The predicted molar refractivity (Wildman–Crippen MR) is 82.7 cm³/mol. The summed E-state index contributed by atoms with van der Waals surface area (Å²) in [5.74, 6) is -1.44. The number of rotatable bonds is 2. The number of ether oxygens (including phenoxy) is 1. The van der Waals surface area contributed by atoms with Crippen LogP contribution < -0.4 is 4.74 Å². The van der Waals surface area contributed by atoms with Gasteiger partial charge in [-0.15, -0.1) is 0 Å². The fourth-order valence-corrected chi connectivity index (χ4v) is 3.05. The van der Waals surface area contributed by atoms with E-state index in [4.69, 9.17) is 4.74 Å². The highest BCUT2D eigenvalue weighted by molar-refractivity contribution is 6.31. The molecule has 1 aliphatic rings. The van der Waals surface area contributed by atoms with E-state index in [9.17, 15) is 19.5 Å². The molecule has 0 fully saturated rings. The van der Waals surface area contributed by atoms with E-state index in [2.05, 4.69) is 0 Å². The monoisotopic (exact) mass is 310 g/mol. The van der Waals surface area contributed by atoms with Gasteiger partial charge in [-0.05, 0) is 31.5 Å². The van der Waals surface area contributed by atoms with E-state index >= 15 is 0 Å². The minimum absolute atomic E-state index is 0.0586. The van der Waals surface area contributed by atoms with Crippen LogP contribution >= 0.6 is 0 Å². The van der Waals surface area contributed by atoms with Crippen LogP contribution in [0, 0.1) is 6.92 Å². The Morgan fingerprint density at radius 1 is 1.09 bits per heavy atom. The standard InChI is InChI=1S/C18H14O5/c1-8-7-11-15(17(21)13(8)9(2)19)18(22)14-10(16(11)20)5-4-6-12(14)23-3/h4-7,21H,1-3H3. The number of hydrogen-bond donors (Lipinski definition) is 1. The van der Waals surface area contributed by atoms with Crippen LogP contribution in [0.2, 0.25) is 0 Å². The van der Waals surface area contributed by atoms with E-state index in [0.717, 1.165) is 0 Å². The first-order valence-electron chi connectivity index (χ1n) is 7.02. The molecule has 0 aromatic heterocycles. The lowest BCUT2D eigenvalue weighted by molar-refractivity contribution is 0.0971. The molecule has 5 nitrogen and oxygen atoms in total. The molecule has 23 heavy (non-hydrogen) atoms. The molecule has 0 saturated heterocycles. The number of aryl methyl sites for hydroxylation is 1. The largest absolute Gasteiger partial charge is 0.506 e. The van der Waals surface area contributed by atoms with Gasteiger partial charge in [-0.2, -0.15) is 0 Å². The van der Waals surface area contributed by atoms with Crippen molar-refractivity contribution in [3.8, 4) is 11.5 Å². The van der Waals surface area contributed by atoms with E-state index in [1.54, 1.807) is 25.1 Å². The minimum atomic E-state index is -0.521. The van der Waals surface area contributed by atoms with E-state index in [0.29, 0.717) is 5.56 Å². The zero-order chi connectivity index (χ0) is 16.9. The number of Topliss-reactive ketones (excluding diaryl/α,β-unsaturated/α-hetero) is 1. The van der Waals surface area contributed by atoms with Crippen molar-refractivity contribution in [2.45, 2.75) is 13.8 Å². The SMILES string of the molecule is COc1cccc2c1C(=O)c1c(cc(C)c(C(C)=O)c1O)C2=O. The fraction of sp³-hybridized carbons (Fsp3) is 0.167. The van der Waals surface area contributed by atoms with Gasteiger partial charge in [0, 0.05) is 11.1 Å². The van der Waals surface area contributed by atoms with Crippen LogP contribution in [0.25, 0.3) is 0 Å². The van der Waals surface area contributed by atoms with Crippen LogP contribution in [0.15, 0.2) is 24.3 Å². The van der Waals surface area contributed by atoms with Crippen molar-refractivity contribution in [2.75, 3.05) is 7.11 Å². The van der Waals surface area contributed by atoms with E-state index < -0.39 is 11.5 Å². The summed E-state index contributed by atoms with van der Waals surface area (Å²) in [6, 6.07) is 6.23. The van der Waals surface area contributed by atoms with Crippen molar-refractivity contribution in [3.05, 3.63) is 57.6 Å². The highest BCUT2D eigenvalue weighted by atomic mass is 16.5. The van der Waals surface area contributed by atoms with Gasteiger partial charge in [0.2, 0.25) is 5.78 Å². The number of phenolic OH excluding ortho intramolecular Hbond substituents is 1. The van der Waals surface area contributed by atoms with Gasteiger partial charge in [-0.1, -0.05) is 12.1 Å². The molecule has 2 aromatic rings. The van der Waals surface area contributed by atoms with Crippen LogP contribution in [-0.4, -0.2) is 29.6 Å². The summed E-state index contributed by atoms with van der Waals surface area (Å²) < 4.78 is 5.17. The second kappa shape index (κ2) is 5.05. The van der Waals surface area contributed by atoms with Gasteiger partial charge in [0.1, 0.15) is 11.5 Å². The Bertz CT molecular complexity index is 893. The first-order chi connectivity index (χ1) is 10.9. The predicted octanol–water partition coefficient (Wildman–Crippen LogP) is 2.69. The third kappa shape index (κ3) is 1.97. The van der Waals surface area contributed by atoms with Crippen molar-refractivity contribution in [2.24, 2.45) is 0 Å². The molecule has 0 spiro atoms. The van der Waals surface area contributed by atoms with Crippen LogP contribution in [0.5, 0.6) is 11.5 Å². The van der Waals surface area contributed by atoms with Gasteiger partial charge in [0.15, 0.2) is 11.6 Å². The first kappa shape index (κ1) is 15.0. The number of benzene rings is 2. The van der Waals surface area contributed by atoms with Gasteiger partial charge >= 0.3 is 0 Å². The van der Waals surface area contributed by atoms with Gasteiger partial charge in [-0.25, -0.2) is 0 Å². The number of phenols is 1. The quantitative estimate of drug-likeness (QED) is 0.736. The molecule has 5 heteroatoms. The maximum atomic E-state index is 12.8. The Hall–Kier alpha value is -2.95. The molecule has 0 saturated carbocycles. The van der Waals surface area contributed by atoms with Crippen molar-refractivity contribution < 1.29 is 24.2 Å². The Labute approximate surface area is 132 Å². The second-order valence-corrected chi connectivity index (χ2v) is 5.44. The van der Waals surface area contributed by atoms with Crippen LogP contribution in [0.3, 0.4) is 0 Å². The molecule has 0 amide bonds. The first-order valence-corrected chi connectivity index (χ1v) is 7.02. The van der Waals surface area contributed by atoms with Crippen LogP contribution in [0.4, 0.5) is 0 Å². The van der Waals surface area contributed by atoms with Gasteiger partial charge < -0.3 is 9.84 Å². The van der Waals surface area contributed by atoms with E-state index in [-0.39, 0.29) is 45.1 Å². The highest BCUT2D eigenvalue weighted by Crippen LogP contribution is 2.39. The zero-order valence-electron chi connectivity index (χ0n) is 12.9. The summed E-state index contributed by atoms with van der Waals surface area (Å²) in [6.07, 6.45) is 0. The summed E-state index contributed by atoms with van der Waals surface area (Å²) in [7, 11) is 1.40. The van der Waals surface area contributed by atoms with Gasteiger partial charge in [0.25, 0.3) is 0 Å². The number of fused-ring (bicyclic) bond motifs is 2. The molecule has 3 rings (SSSR count). The molecule has 0 bridgehead atoms. The zero-order valence-corrected chi connectivity index (χ0v) is 12.9. The molecule has 1 N–H and O–H groups in total. The molecular weight excluding hydrogens is 296 g/mol. The summed E-state index contributed by atoms with van der Waals surface area (Å²) in [4.78, 5) is 37.3. The summed E-state index contributed by atoms with van der Waals surface area (Å²) in [6.45, 7) is 2.92. The topological polar surface area (TPSA) is 80.7 Å². The summed E-state index contributed by atoms with van der Waals surface area (Å²) >= 11 is 0. The number of aromatic hydroxyl groups is 1. The fourth-order valence-electron chi connectivity index (χ4n) is 3.05. The average molecular weight is 310 g/mol. The number of carbonyl (C=O) groups excluding carboxylic acids is 3. The third-order valence-corrected chi connectivity index (χ3v) is 4.04. The van der Waals surface area contributed by atoms with Crippen molar-refractivity contribution >= 4 is 17.3 Å². The molecule has 0 atom stereocenters. The molecule has 0 aliphatic heterocycles. The average Bonchev–Trinajstić information content (AvgIpc) is 2.50. The number of ketones is 3. The van der Waals surface area contributed by atoms with Gasteiger partial charge in [0.05, 0.1) is 23.8 Å². The summed E-state index contributed by atoms with van der Waals surface area (Å²) in [5, 5.41) is 10.4. The second-order valence-electron chi connectivity index (χ2n) is 5.44. The molecule has 2 aromatic carbocycles. The van der Waals surface area contributed by atoms with Gasteiger partial charge in [-0.3, -0.25) is 14.4 Å². The van der Waals surface area contributed by atoms with Crippen LogP contribution in [-0.2, 0) is 0 Å². The molecular formula is C18H14O5. The van der Waals surface area contributed by atoms with E-state index in [1.807, 2.05) is 0 Å². The Balaban J connectivity index is 2.39. The maximum Gasteiger partial charge on any atom is 0.202 e. The molecule has 1 aliphatic carbocycles.